The number of carboxylic acid groups (broad SMARTS) is 1. The third kappa shape index (κ3) is 4.42. The number of hydrogen-bond donors (Lipinski definition) is 1. The summed E-state index contributed by atoms with van der Waals surface area (Å²) in [6.45, 7) is 2.37. The highest BCUT2D eigenvalue weighted by Gasteiger charge is 2.36. The van der Waals surface area contributed by atoms with Crippen LogP contribution in [0.25, 0.3) is 0 Å². The van der Waals surface area contributed by atoms with E-state index < -0.39 is 22.1 Å². The first kappa shape index (κ1) is 18.2. The Bertz CT molecular complexity index is 535. The molecule has 2 heterocycles. The van der Waals surface area contributed by atoms with Crippen molar-refractivity contribution >= 4 is 21.9 Å². The lowest BCUT2D eigenvalue weighted by Crippen LogP contribution is -2.52. The number of nitrogens with zero attached hydrogens (tertiary/aromatic N) is 2. The maximum absolute atomic E-state index is 12.5. The topological polar surface area (TPSA) is 104 Å². The van der Waals surface area contributed by atoms with Crippen molar-refractivity contribution in [3.8, 4) is 0 Å². The number of carboxylic acids is 1. The number of sulfonamides is 1. The number of ether oxygens (including phenoxy) is 1. The Balaban J connectivity index is 2.03. The van der Waals surface area contributed by atoms with Crippen molar-refractivity contribution < 1.29 is 27.9 Å². The Morgan fingerprint density at radius 3 is 2.39 bits per heavy atom. The van der Waals surface area contributed by atoms with Crippen molar-refractivity contribution in [1.29, 1.82) is 0 Å². The number of rotatable bonds is 6. The van der Waals surface area contributed by atoms with Crippen molar-refractivity contribution in [2.45, 2.75) is 44.8 Å². The highest BCUT2D eigenvalue weighted by molar-refractivity contribution is 7.89. The maximum atomic E-state index is 12.5. The fraction of sp³-hybridized carbons (Fsp3) is 0.857. The summed E-state index contributed by atoms with van der Waals surface area (Å²) in [5.74, 6) is -1.31. The average molecular weight is 348 g/mol. The molecule has 8 nitrogen and oxygen atoms in total. The fourth-order valence-corrected chi connectivity index (χ4v) is 4.24. The first-order valence-electron chi connectivity index (χ1n) is 7.97. The number of amides is 1. The molecule has 9 heteroatoms. The van der Waals surface area contributed by atoms with Gasteiger partial charge in [-0.1, -0.05) is 0 Å². The lowest BCUT2D eigenvalue weighted by Gasteiger charge is -2.38. The van der Waals surface area contributed by atoms with Gasteiger partial charge in [0, 0.05) is 25.7 Å². The second-order valence-electron chi connectivity index (χ2n) is 5.89. The van der Waals surface area contributed by atoms with Gasteiger partial charge in [-0.05, 0) is 32.6 Å². The highest BCUT2D eigenvalue weighted by atomic mass is 32.2. The summed E-state index contributed by atoms with van der Waals surface area (Å²) in [5.41, 5.74) is 0. The predicted molar refractivity (Wildman–Crippen MR) is 82.4 cm³/mol. The standard InChI is InChI=1S/C14H24N2O6S/c1-2-23(20,21)15-7-5-11(6-8-15)16(10-13(17)18)14(19)12-4-3-9-22-12/h11-12H,2-10H2,1H3,(H,17,18). The van der Waals surface area contributed by atoms with E-state index in [1.807, 2.05) is 0 Å². The number of carbonyl (C=O) groups excluding carboxylic acids is 1. The molecule has 0 saturated carbocycles. The molecule has 1 atom stereocenters. The van der Waals surface area contributed by atoms with Gasteiger partial charge < -0.3 is 14.7 Å². The van der Waals surface area contributed by atoms with Crippen molar-refractivity contribution in [3.63, 3.8) is 0 Å². The summed E-state index contributed by atoms with van der Waals surface area (Å²) in [4.78, 5) is 25.0. The summed E-state index contributed by atoms with van der Waals surface area (Å²) in [5, 5.41) is 9.08. The normalized spacial score (nSPS) is 23.8. The molecule has 2 saturated heterocycles. The molecular weight excluding hydrogens is 324 g/mol. The summed E-state index contributed by atoms with van der Waals surface area (Å²) in [6.07, 6.45) is 1.74. The van der Waals surface area contributed by atoms with E-state index in [9.17, 15) is 18.0 Å². The van der Waals surface area contributed by atoms with Crippen LogP contribution in [0.1, 0.15) is 32.6 Å². The Labute approximate surface area is 136 Å². The van der Waals surface area contributed by atoms with E-state index in [0.717, 1.165) is 6.42 Å². The van der Waals surface area contributed by atoms with Gasteiger partial charge in [0.15, 0.2) is 0 Å². The predicted octanol–water partition coefficient (Wildman–Crippen LogP) is -0.107. The molecule has 1 amide bonds. The van der Waals surface area contributed by atoms with Crippen LogP contribution in [0, 0.1) is 0 Å². The first-order chi connectivity index (χ1) is 10.8. The van der Waals surface area contributed by atoms with Crippen molar-refractivity contribution in [3.05, 3.63) is 0 Å². The van der Waals surface area contributed by atoms with Crippen molar-refractivity contribution in [2.75, 3.05) is 32.0 Å². The molecule has 0 bridgehead atoms. The second kappa shape index (κ2) is 7.59. The third-order valence-corrected chi connectivity index (χ3v) is 6.30. The van der Waals surface area contributed by atoms with Gasteiger partial charge in [-0.25, -0.2) is 12.7 Å². The molecule has 2 rings (SSSR count). The molecule has 0 aromatic rings. The van der Waals surface area contributed by atoms with Crippen LogP contribution in [0.2, 0.25) is 0 Å². The van der Waals surface area contributed by atoms with Gasteiger partial charge in [-0.3, -0.25) is 9.59 Å². The van der Waals surface area contributed by atoms with E-state index in [1.165, 1.54) is 9.21 Å². The Kier molecular flexibility index (Phi) is 5.99. The van der Waals surface area contributed by atoms with E-state index in [-0.39, 0.29) is 24.2 Å². The molecule has 132 valence electrons. The molecule has 0 aromatic heterocycles. The molecule has 0 spiro atoms. The first-order valence-corrected chi connectivity index (χ1v) is 9.57. The van der Waals surface area contributed by atoms with Gasteiger partial charge in [0.2, 0.25) is 10.0 Å². The van der Waals surface area contributed by atoms with Gasteiger partial charge >= 0.3 is 5.97 Å². The molecule has 2 fully saturated rings. The molecule has 2 aliphatic rings. The van der Waals surface area contributed by atoms with Crippen LogP contribution in [0.15, 0.2) is 0 Å². The number of piperidine rings is 1. The lowest BCUT2D eigenvalue weighted by molar-refractivity contribution is -0.152. The van der Waals surface area contributed by atoms with E-state index in [4.69, 9.17) is 9.84 Å². The Morgan fingerprint density at radius 1 is 1.26 bits per heavy atom. The number of aliphatic carboxylic acids is 1. The molecule has 0 aromatic carbocycles. The van der Waals surface area contributed by atoms with Crippen LogP contribution in [-0.2, 0) is 24.3 Å². The minimum Gasteiger partial charge on any atom is -0.480 e. The van der Waals surface area contributed by atoms with Crippen molar-refractivity contribution in [2.24, 2.45) is 0 Å². The molecular formula is C14H24N2O6S. The molecule has 1 N–H and O–H groups in total. The van der Waals surface area contributed by atoms with Crippen LogP contribution in [0.5, 0.6) is 0 Å². The van der Waals surface area contributed by atoms with Crippen LogP contribution < -0.4 is 0 Å². The van der Waals surface area contributed by atoms with Gasteiger partial charge in [0.25, 0.3) is 5.91 Å². The highest BCUT2D eigenvalue weighted by Crippen LogP contribution is 2.22. The van der Waals surface area contributed by atoms with Crippen molar-refractivity contribution in [1.82, 2.24) is 9.21 Å². The molecule has 23 heavy (non-hydrogen) atoms. The zero-order valence-electron chi connectivity index (χ0n) is 13.3. The lowest BCUT2D eigenvalue weighted by atomic mass is 10.0. The molecule has 0 aliphatic carbocycles. The van der Waals surface area contributed by atoms with Crippen LogP contribution in [-0.4, -0.2) is 78.7 Å². The monoisotopic (exact) mass is 348 g/mol. The second-order valence-corrected chi connectivity index (χ2v) is 8.15. The quantitative estimate of drug-likeness (QED) is 0.718. The average Bonchev–Trinajstić information content (AvgIpc) is 3.06. The summed E-state index contributed by atoms with van der Waals surface area (Å²) in [7, 11) is -3.24. The summed E-state index contributed by atoms with van der Waals surface area (Å²) >= 11 is 0. The Morgan fingerprint density at radius 2 is 1.91 bits per heavy atom. The molecule has 0 radical (unpaired) electrons. The zero-order chi connectivity index (χ0) is 17.0. The Hall–Kier alpha value is -1.19. The van der Waals surface area contributed by atoms with E-state index in [2.05, 4.69) is 0 Å². The minimum atomic E-state index is -3.24. The van der Waals surface area contributed by atoms with Crippen LogP contribution >= 0.6 is 0 Å². The fourth-order valence-electron chi connectivity index (χ4n) is 3.10. The van der Waals surface area contributed by atoms with E-state index in [0.29, 0.717) is 39.0 Å². The van der Waals surface area contributed by atoms with E-state index >= 15 is 0 Å². The maximum Gasteiger partial charge on any atom is 0.323 e. The largest absolute Gasteiger partial charge is 0.480 e. The number of hydrogen-bond acceptors (Lipinski definition) is 5. The van der Waals surface area contributed by atoms with Crippen LogP contribution in [0.3, 0.4) is 0 Å². The zero-order valence-corrected chi connectivity index (χ0v) is 14.1. The molecule has 2 aliphatic heterocycles. The summed E-state index contributed by atoms with van der Waals surface area (Å²) < 4.78 is 30.6. The van der Waals surface area contributed by atoms with Gasteiger partial charge in [-0.2, -0.15) is 0 Å². The van der Waals surface area contributed by atoms with Gasteiger partial charge in [0.05, 0.1) is 5.75 Å². The third-order valence-electron chi connectivity index (χ3n) is 4.42. The van der Waals surface area contributed by atoms with E-state index in [1.54, 1.807) is 6.92 Å². The smallest absolute Gasteiger partial charge is 0.323 e. The van der Waals surface area contributed by atoms with Crippen LogP contribution in [0.4, 0.5) is 0 Å². The van der Waals surface area contributed by atoms with Gasteiger partial charge in [-0.15, -0.1) is 0 Å². The SMILES string of the molecule is CCS(=O)(=O)N1CCC(N(CC(=O)O)C(=O)C2CCCO2)CC1. The summed E-state index contributed by atoms with van der Waals surface area (Å²) in [6, 6.07) is -0.258. The van der Waals surface area contributed by atoms with Gasteiger partial charge in [0.1, 0.15) is 12.6 Å². The minimum absolute atomic E-state index is 0.0470. The number of carbonyl (C=O) groups is 2. The molecule has 1 unspecified atom stereocenters.